The lowest BCUT2D eigenvalue weighted by Crippen LogP contribution is -2.18. The van der Waals surface area contributed by atoms with Gasteiger partial charge in [0.1, 0.15) is 12.4 Å². The Morgan fingerprint density at radius 1 is 1.04 bits per heavy atom. The van der Waals surface area contributed by atoms with Crippen LogP contribution >= 0.6 is 0 Å². The van der Waals surface area contributed by atoms with E-state index in [0.717, 1.165) is 41.5 Å². The zero-order valence-corrected chi connectivity index (χ0v) is 14.1. The number of benzene rings is 1. The van der Waals surface area contributed by atoms with Crippen molar-refractivity contribution in [3.05, 3.63) is 77.4 Å². The number of nitrogens with zero attached hydrogens (tertiary/aromatic N) is 3. The highest BCUT2D eigenvalue weighted by molar-refractivity contribution is 5.33. The van der Waals surface area contributed by atoms with Crippen LogP contribution in [0, 0.1) is 6.92 Å². The number of hydrogen-bond donors (Lipinski definition) is 1. The van der Waals surface area contributed by atoms with Crippen LogP contribution in [0.5, 0.6) is 5.75 Å². The molecule has 0 saturated carbocycles. The van der Waals surface area contributed by atoms with Gasteiger partial charge in [-0.3, -0.25) is 15.0 Å². The smallest absolute Gasteiger partial charge is 0.130 e. The van der Waals surface area contributed by atoms with Crippen LogP contribution in [0.25, 0.3) is 0 Å². The van der Waals surface area contributed by atoms with Crippen molar-refractivity contribution in [3.63, 3.8) is 0 Å². The molecular formula is C19H22N4O. The second-order valence-corrected chi connectivity index (χ2v) is 5.93. The lowest BCUT2D eigenvalue weighted by molar-refractivity contribution is 0.278. The maximum atomic E-state index is 5.97. The highest BCUT2D eigenvalue weighted by Crippen LogP contribution is 2.21. The van der Waals surface area contributed by atoms with Crippen molar-refractivity contribution in [3.8, 4) is 5.75 Å². The summed E-state index contributed by atoms with van der Waals surface area (Å²) in [5, 5.41) is 7.27. The van der Waals surface area contributed by atoms with Gasteiger partial charge in [-0.05, 0) is 38.2 Å². The molecule has 124 valence electrons. The Labute approximate surface area is 142 Å². The predicted molar refractivity (Wildman–Crippen MR) is 93.5 cm³/mol. The van der Waals surface area contributed by atoms with Gasteiger partial charge in [0.2, 0.25) is 0 Å². The molecule has 0 atom stereocenters. The maximum Gasteiger partial charge on any atom is 0.130 e. The molecular weight excluding hydrogens is 300 g/mol. The second-order valence-electron chi connectivity index (χ2n) is 5.93. The summed E-state index contributed by atoms with van der Waals surface area (Å²) in [6.45, 7) is 4.07. The van der Waals surface area contributed by atoms with Crippen molar-refractivity contribution in [2.45, 2.75) is 26.6 Å². The Kier molecular flexibility index (Phi) is 5.23. The van der Waals surface area contributed by atoms with Crippen LogP contribution in [0.2, 0.25) is 0 Å². The van der Waals surface area contributed by atoms with Crippen LogP contribution in [0.3, 0.4) is 0 Å². The van der Waals surface area contributed by atoms with Crippen molar-refractivity contribution in [1.29, 1.82) is 0 Å². The number of ether oxygens (including phenoxy) is 1. The summed E-state index contributed by atoms with van der Waals surface area (Å²) in [4.78, 5) is 6.52. The first-order chi connectivity index (χ1) is 11.7. The molecule has 0 bridgehead atoms. The van der Waals surface area contributed by atoms with Crippen molar-refractivity contribution < 1.29 is 4.74 Å². The highest BCUT2D eigenvalue weighted by Gasteiger charge is 2.09. The quantitative estimate of drug-likeness (QED) is 0.725. The number of aryl methyl sites for hydroxylation is 1. The van der Waals surface area contributed by atoms with Gasteiger partial charge in [0.15, 0.2) is 0 Å². The second kappa shape index (κ2) is 7.75. The SMILES string of the molecule is Cc1cc(CN(C)Cc2ccccc2OCc2ccccn2)n[nH]1. The van der Waals surface area contributed by atoms with E-state index in [1.165, 1.54) is 0 Å². The molecule has 24 heavy (non-hydrogen) atoms. The zero-order chi connectivity index (χ0) is 16.8. The van der Waals surface area contributed by atoms with E-state index in [1.807, 2.05) is 43.3 Å². The molecule has 0 aliphatic rings. The Morgan fingerprint density at radius 3 is 2.62 bits per heavy atom. The Hall–Kier alpha value is -2.66. The molecule has 3 rings (SSSR count). The van der Waals surface area contributed by atoms with E-state index >= 15 is 0 Å². The molecule has 0 radical (unpaired) electrons. The number of aromatic amines is 1. The fourth-order valence-electron chi connectivity index (χ4n) is 2.59. The molecule has 0 amide bonds. The van der Waals surface area contributed by atoms with Crippen LogP contribution in [-0.4, -0.2) is 27.1 Å². The molecule has 3 aromatic rings. The van der Waals surface area contributed by atoms with Gasteiger partial charge in [-0.25, -0.2) is 0 Å². The lowest BCUT2D eigenvalue weighted by atomic mass is 10.2. The predicted octanol–water partition coefficient (Wildman–Crippen LogP) is 3.32. The number of rotatable bonds is 7. The van der Waals surface area contributed by atoms with Crippen LogP contribution in [-0.2, 0) is 19.7 Å². The summed E-state index contributed by atoms with van der Waals surface area (Å²) in [5.41, 5.74) is 4.20. The average Bonchev–Trinajstić information content (AvgIpc) is 3.00. The molecule has 5 nitrogen and oxygen atoms in total. The van der Waals surface area contributed by atoms with Crippen LogP contribution < -0.4 is 4.74 Å². The molecule has 0 spiro atoms. The number of H-pyrrole nitrogens is 1. The molecule has 1 aromatic carbocycles. The van der Waals surface area contributed by atoms with Gasteiger partial charge in [-0.2, -0.15) is 5.10 Å². The third-order valence-electron chi connectivity index (χ3n) is 3.71. The summed E-state index contributed by atoms with van der Waals surface area (Å²) < 4.78 is 5.97. The van der Waals surface area contributed by atoms with E-state index in [2.05, 4.69) is 39.3 Å². The van der Waals surface area contributed by atoms with Gasteiger partial charge in [-0.15, -0.1) is 0 Å². The standard InChI is InChI=1S/C19H22N4O/c1-15-11-18(22-21-15)13-23(2)12-16-7-3-4-9-19(16)24-14-17-8-5-6-10-20-17/h3-11H,12-14H2,1-2H3,(H,21,22). The Bertz CT molecular complexity index is 770. The highest BCUT2D eigenvalue weighted by atomic mass is 16.5. The first-order valence-electron chi connectivity index (χ1n) is 8.01. The summed E-state index contributed by atoms with van der Waals surface area (Å²) in [7, 11) is 2.08. The molecule has 1 N–H and O–H groups in total. The van der Waals surface area contributed by atoms with Crippen LogP contribution in [0.1, 0.15) is 22.6 Å². The average molecular weight is 322 g/mol. The van der Waals surface area contributed by atoms with Crippen LogP contribution in [0.15, 0.2) is 54.7 Å². The number of para-hydroxylation sites is 1. The fourth-order valence-corrected chi connectivity index (χ4v) is 2.59. The first kappa shape index (κ1) is 16.2. The van der Waals surface area contributed by atoms with E-state index in [4.69, 9.17) is 4.74 Å². The van der Waals surface area contributed by atoms with Crippen molar-refractivity contribution in [1.82, 2.24) is 20.1 Å². The van der Waals surface area contributed by atoms with Gasteiger partial charge in [0.05, 0.1) is 11.4 Å². The summed E-state index contributed by atoms with van der Waals surface area (Å²) >= 11 is 0. The minimum absolute atomic E-state index is 0.472. The molecule has 2 heterocycles. The molecule has 0 aliphatic heterocycles. The molecule has 0 fully saturated rings. The van der Waals surface area contributed by atoms with E-state index in [0.29, 0.717) is 6.61 Å². The monoisotopic (exact) mass is 322 g/mol. The molecule has 2 aromatic heterocycles. The summed E-state index contributed by atoms with van der Waals surface area (Å²) in [6.07, 6.45) is 1.78. The largest absolute Gasteiger partial charge is 0.487 e. The summed E-state index contributed by atoms with van der Waals surface area (Å²) in [5.74, 6) is 0.896. The molecule has 0 aliphatic carbocycles. The number of pyridine rings is 1. The molecule has 5 heteroatoms. The Balaban J connectivity index is 1.63. The van der Waals surface area contributed by atoms with Gasteiger partial charge in [-0.1, -0.05) is 24.3 Å². The number of aromatic nitrogens is 3. The number of hydrogen-bond acceptors (Lipinski definition) is 4. The van der Waals surface area contributed by atoms with Crippen molar-refractivity contribution in [2.24, 2.45) is 0 Å². The minimum Gasteiger partial charge on any atom is -0.487 e. The normalized spacial score (nSPS) is 11.0. The molecule has 0 unspecified atom stereocenters. The van der Waals surface area contributed by atoms with Crippen LogP contribution in [0.4, 0.5) is 0 Å². The fraction of sp³-hybridized carbons (Fsp3) is 0.263. The number of nitrogens with one attached hydrogen (secondary N) is 1. The van der Waals surface area contributed by atoms with Gasteiger partial charge >= 0.3 is 0 Å². The van der Waals surface area contributed by atoms with E-state index in [9.17, 15) is 0 Å². The van der Waals surface area contributed by atoms with Crippen molar-refractivity contribution in [2.75, 3.05) is 7.05 Å². The topological polar surface area (TPSA) is 54.0 Å². The van der Waals surface area contributed by atoms with E-state index in [-0.39, 0.29) is 0 Å². The van der Waals surface area contributed by atoms with Gasteiger partial charge in [0, 0.05) is 30.5 Å². The van der Waals surface area contributed by atoms with Gasteiger partial charge < -0.3 is 4.74 Å². The van der Waals surface area contributed by atoms with Crippen molar-refractivity contribution >= 4 is 0 Å². The third-order valence-corrected chi connectivity index (χ3v) is 3.71. The zero-order valence-electron chi connectivity index (χ0n) is 14.1. The maximum absolute atomic E-state index is 5.97. The first-order valence-corrected chi connectivity index (χ1v) is 8.01. The Morgan fingerprint density at radius 2 is 1.88 bits per heavy atom. The third kappa shape index (κ3) is 4.43. The lowest BCUT2D eigenvalue weighted by Gasteiger charge is -2.18. The molecule has 0 saturated heterocycles. The van der Waals surface area contributed by atoms with E-state index < -0.39 is 0 Å². The van der Waals surface area contributed by atoms with E-state index in [1.54, 1.807) is 6.20 Å². The summed E-state index contributed by atoms with van der Waals surface area (Å²) in [6, 6.07) is 16.0. The minimum atomic E-state index is 0.472. The van der Waals surface area contributed by atoms with Gasteiger partial charge in [0.25, 0.3) is 0 Å².